The molecule has 1 atom stereocenters. The van der Waals surface area contributed by atoms with E-state index >= 15 is 0 Å². The number of nitrogens with zero attached hydrogens (tertiary/aromatic N) is 1. The van der Waals surface area contributed by atoms with E-state index in [1.807, 2.05) is 13.1 Å². The second-order valence-corrected chi connectivity index (χ2v) is 2.21. The first-order chi connectivity index (χ1) is 4.27. The van der Waals surface area contributed by atoms with Crippen LogP contribution in [0.2, 0.25) is 0 Å². The third-order valence-corrected chi connectivity index (χ3v) is 1.03. The quantitative estimate of drug-likeness (QED) is 0.453. The number of unbranched alkanes of at least 4 members (excludes halogenated alkanes) is 2. The molecule has 0 aromatic heterocycles. The SMILES string of the molecule is CCCCC=N[C@H](C)N. The minimum Gasteiger partial charge on any atom is -0.310 e. The fraction of sp³-hybridized carbons (Fsp3) is 0.857. The second kappa shape index (κ2) is 5.76. The molecule has 0 aromatic rings. The van der Waals surface area contributed by atoms with E-state index in [-0.39, 0.29) is 6.17 Å². The number of rotatable bonds is 4. The van der Waals surface area contributed by atoms with E-state index in [0.29, 0.717) is 0 Å². The van der Waals surface area contributed by atoms with Crippen molar-refractivity contribution in [2.24, 2.45) is 10.7 Å². The number of hydrogen-bond donors (Lipinski definition) is 1. The van der Waals surface area contributed by atoms with Crippen molar-refractivity contribution >= 4 is 6.21 Å². The van der Waals surface area contributed by atoms with E-state index in [1.54, 1.807) is 0 Å². The Kier molecular flexibility index (Phi) is 5.52. The van der Waals surface area contributed by atoms with Crippen LogP contribution in [0.4, 0.5) is 0 Å². The molecule has 0 unspecified atom stereocenters. The Balaban J connectivity index is 3.04. The Bertz CT molecular complexity index is 77.0. The molecule has 2 heteroatoms. The van der Waals surface area contributed by atoms with Crippen LogP contribution in [0.3, 0.4) is 0 Å². The van der Waals surface area contributed by atoms with Crippen LogP contribution < -0.4 is 5.73 Å². The van der Waals surface area contributed by atoms with Gasteiger partial charge in [-0.2, -0.15) is 0 Å². The highest BCUT2D eigenvalue weighted by Crippen LogP contribution is 1.90. The fourth-order valence-electron chi connectivity index (χ4n) is 0.536. The highest BCUT2D eigenvalue weighted by molar-refractivity contribution is 5.57. The molecule has 0 aliphatic carbocycles. The van der Waals surface area contributed by atoms with E-state index < -0.39 is 0 Å². The Morgan fingerprint density at radius 3 is 2.78 bits per heavy atom. The maximum absolute atomic E-state index is 5.38. The Labute approximate surface area is 57.2 Å². The molecule has 0 aliphatic rings. The molecule has 54 valence electrons. The molecule has 9 heavy (non-hydrogen) atoms. The van der Waals surface area contributed by atoms with Gasteiger partial charge in [-0.15, -0.1) is 0 Å². The van der Waals surface area contributed by atoms with Crippen molar-refractivity contribution in [1.82, 2.24) is 0 Å². The summed E-state index contributed by atoms with van der Waals surface area (Å²) in [6, 6.07) is 0. The van der Waals surface area contributed by atoms with E-state index in [4.69, 9.17) is 5.73 Å². The molecule has 0 aliphatic heterocycles. The lowest BCUT2D eigenvalue weighted by Crippen LogP contribution is -2.10. The van der Waals surface area contributed by atoms with Crippen LogP contribution in [0.5, 0.6) is 0 Å². The summed E-state index contributed by atoms with van der Waals surface area (Å²) < 4.78 is 0. The monoisotopic (exact) mass is 128 g/mol. The van der Waals surface area contributed by atoms with Gasteiger partial charge in [-0.05, 0) is 19.8 Å². The molecule has 0 aromatic carbocycles. The molecule has 0 rings (SSSR count). The third kappa shape index (κ3) is 7.63. The van der Waals surface area contributed by atoms with Crippen molar-refractivity contribution in [3.63, 3.8) is 0 Å². The zero-order valence-corrected chi connectivity index (χ0v) is 6.30. The van der Waals surface area contributed by atoms with Crippen molar-refractivity contribution in [2.75, 3.05) is 0 Å². The topological polar surface area (TPSA) is 38.4 Å². The van der Waals surface area contributed by atoms with Gasteiger partial charge in [0, 0.05) is 6.21 Å². The van der Waals surface area contributed by atoms with Gasteiger partial charge >= 0.3 is 0 Å². The van der Waals surface area contributed by atoms with E-state index in [9.17, 15) is 0 Å². The van der Waals surface area contributed by atoms with Crippen molar-refractivity contribution in [3.8, 4) is 0 Å². The van der Waals surface area contributed by atoms with Gasteiger partial charge in [0.15, 0.2) is 0 Å². The minimum absolute atomic E-state index is 0.0261. The lowest BCUT2D eigenvalue weighted by molar-refractivity contribution is 0.781. The molecule has 0 amide bonds. The molecule has 0 fully saturated rings. The highest BCUT2D eigenvalue weighted by atomic mass is 14.9. The van der Waals surface area contributed by atoms with Crippen LogP contribution in [0.1, 0.15) is 33.1 Å². The summed E-state index contributed by atoms with van der Waals surface area (Å²) in [5.74, 6) is 0. The van der Waals surface area contributed by atoms with Crippen molar-refractivity contribution in [3.05, 3.63) is 0 Å². The van der Waals surface area contributed by atoms with E-state index in [0.717, 1.165) is 6.42 Å². The average Bonchev–Trinajstić information content (AvgIpc) is 1.80. The van der Waals surface area contributed by atoms with Gasteiger partial charge in [0.05, 0.1) is 6.17 Å². The summed E-state index contributed by atoms with van der Waals surface area (Å²) in [6.45, 7) is 4.04. The molecule has 2 nitrogen and oxygen atoms in total. The summed E-state index contributed by atoms with van der Waals surface area (Å²) in [7, 11) is 0. The first-order valence-electron chi connectivity index (χ1n) is 3.54. The minimum atomic E-state index is -0.0261. The molecule has 0 radical (unpaired) electrons. The molecule has 0 saturated carbocycles. The fourth-order valence-corrected chi connectivity index (χ4v) is 0.536. The first-order valence-corrected chi connectivity index (χ1v) is 3.54. The first kappa shape index (κ1) is 8.63. The van der Waals surface area contributed by atoms with Crippen LogP contribution in [0.25, 0.3) is 0 Å². The van der Waals surface area contributed by atoms with Crippen molar-refractivity contribution in [1.29, 1.82) is 0 Å². The van der Waals surface area contributed by atoms with Gasteiger partial charge in [0.2, 0.25) is 0 Å². The van der Waals surface area contributed by atoms with Crippen molar-refractivity contribution < 1.29 is 0 Å². The Morgan fingerprint density at radius 1 is 1.67 bits per heavy atom. The number of hydrogen-bond acceptors (Lipinski definition) is 2. The van der Waals surface area contributed by atoms with Gasteiger partial charge in [-0.3, -0.25) is 4.99 Å². The molecule has 2 N–H and O–H groups in total. The lowest BCUT2D eigenvalue weighted by atomic mass is 10.3. The van der Waals surface area contributed by atoms with Gasteiger partial charge < -0.3 is 5.73 Å². The third-order valence-electron chi connectivity index (χ3n) is 1.03. The predicted molar refractivity (Wildman–Crippen MR) is 41.7 cm³/mol. The maximum Gasteiger partial charge on any atom is 0.0936 e. The molecular formula is C7H16N2. The molecule has 0 heterocycles. The van der Waals surface area contributed by atoms with Gasteiger partial charge in [0.1, 0.15) is 0 Å². The summed E-state index contributed by atoms with van der Waals surface area (Å²) in [5, 5.41) is 0. The zero-order chi connectivity index (χ0) is 7.11. The van der Waals surface area contributed by atoms with Crippen LogP contribution >= 0.6 is 0 Å². The van der Waals surface area contributed by atoms with E-state index in [1.165, 1.54) is 12.8 Å². The zero-order valence-electron chi connectivity index (χ0n) is 6.30. The smallest absolute Gasteiger partial charge is 0.0936 e. The largest absolute Gasteiger partial charge is 0.310 e. The molecule has 0 bridgehead atoms. The van der Waals surface area contributed by atoms with Crippen LogP contribution in [-0.2, 0) is 0 Å². The number of aliphatic imine (C=N–C) groups is 1. The number of nitrogens with two attached hydrogens (primary N) is 1. The average molecular weight is 128 g/mol. The normalized spacial score (nSPS) is 14.6. The Morgan fingerprint density at radius 2 is 2.33 bits per heavy atom. The van der Waals surface area contributed by atoms with Crippen LogP contribution in [-0.4, -0.2) is 12.4 Å². The second-order valence-electron chi connectivity index (χ2n) is 2.21. The lowest BCUT2D eigenvalue weighted by Gasteiger charge is -1.93. The summed E-state index contributed by atoms with van der Waals surface area (Å²) in [6.07, 6.45) is 5.40. The maximum atomic E-state index is 5.38. The summed E-state index contributed by atoms with van der Waals surface area (Å²) in [5.41, 5.74) is 5.38. The van der Waals surface area contributed by atoms with E-state index in [2.05, 4.69) is 11.9 Å². The molecule has 0 saturated heterocycles. The summed E-state index contributed by atoms with van der Waals surface area (Å²) >= 11 is 0. The standard InChI is InChI=1S/C7H16N2/c1-3-4-5-6-9-7(2)8/h6-7H,3-5,8H2,1-2H3/t7-/m1/s1. The van der Waals surface area contributed by atoms with Crippen molar-refractivity contribution in [2.45, 2.75) is 39.3 Å². The predicted octanol–water partition coefficient (Wildman–Crippen LogP) is 1.55. The highest BCUT2D eigenvalue weighted by Gasteiger charge is 1.82. The molecular weight excluding hydrogens is 112 g/mol. The van der Waals surface area contributed by atoms with Crippen LogP contribution in [0.15, 0.2) is 4.99 Å². The summed E-state index contributed by atoms with van der Waals surface area (Å²) in [4.78, 5) is 4.01. The van der Waals surface area contributed by atoms with Gasteiger partial charge in [0.25, 0.3) is 0 Å². The van der Waals surface area contributed by atoms with Gasteiger partial charge in [-0.1, -0.05) is 13.3 Å². The van der Waals surface area contributed by atoms with Crippen LogP contribution in [0, 0.1) is 0 Å². The molecule has 0 spiro atoms. The Hall–Kier alpha value is -0.370. The van der Waals surface area contributed by atoms with Gasteiger partial charge in [-0.25, -0.2) is 0 Å².